The Labute approximate surface area is 124 Å². The number of amides is 2. The van der Waals surface area contributed by atoms with Gasteiger partial charge in [0, 0.05) is 13.1 Å². The number of nitrogens with zero attached hydrogens (tertiary/aromatic N) is 2. The Morgan fingerprint density at radius 1 is 1.29 bits per heavy atom. The van der Waals surface area contributed by atoms with E-state index in [2.05, 4.69) is 46.9 Å². The number of anilines is 1. The fraction of sp³-hybridized carbons (Fsp3) is 0.375. The van der Waals surface area contributed by atoms with Crippen LogP contribution in [0.5, 0.6) is 0 Å². The Hall–Kier alpha value is -2.30. The minimum atomic E-state index is -0.184. The van der Waals surface area contributed by atoms with Gasteiger partial charge in [-0.1, -0.05) is 29.8 Å². The maximum atomic E-state index is 12.2. The summed E-state index contributed by atoms with van der Waals surface area (Å²) in [6, 6.07) is 10.1. The average molecular weight is 284 g/mol. The van der Waals surface area contributed by atoms with Crippen LogP contribution in [-0.2, 0) is 7.05 Å². The summed E-state index contributed by atoms with van der Waals surface area (Å²) in [7, 11) is 1.80. The van der Waals surface area contributed by atoms with Gasteiger partial charge in [0.2, 0.25) is 0 Å². The van der Waals surface area contributed by atoms with Crippen LogP contribution in [0.2, 0.25) is 0 Å². The molecule has 0 aliphatic heterocycles. The van der Waals surface area contributed by atoms with Crippen LogP contribution in [0.15, 0.2) is 36.5 Å². The summed E-state index contributed by atoms with van der Waals surface area (Å²) < 4.78 is 1.64. The van der Waals surface area contributed by atoms with Crippen LogP contribution in [0, 0.1) is 12.8 Å². The van der Waals surface area contributed by atoms with Crippen LogP contribution < -0.4 is 10.6 Å². The summed E-state index contributed by atoms with van der Waals surface area (Å²) in [5, 5.41) is 9.96. The number of carbonyl (C=O) groups excluding carboxylic acids is 1. The average Bonchev–Trinajstić information content (AvgIpc) is 3.23. The van der Waals surface area contributed by atoms with E-state index in [1.54, 1.807) is 24.0 Å². The van der Waals surface area contributed by atoms with Crippen molar-refractivity contribution in [2.24, 2.45) is 13.0 Å². The van der Waals surface area contributed by atoms with Crippen LogP contribution in [0.4, 0.5) is 10.6 Å². The van der Waals surface area contributed by atoms with Crippen molar-refractivity contribution >= 4 is 11.8 Å². The van der Waals surface area contributed by atoms with E-state index in [-0.39, 0.29) is 12.1 Å². The molecule has 1 fully saturated rings. The molecule has 2 amide bonds. The normalized spacial score (nSPS) is 15.5. The molecule has 2 aromatic rings. The highest BCUT2D eigenvalue weighted by atomic mass is 16.2. The third-order valence-electron chi connectivity index (χ3n) is 3.88. The van der Waals surface area contributed by atoms with Gasteiger partial charge in [0.05, 0.1) is 12.2 Å². The van der Waals surface area contributed by atoms with Gasteiger partial charge in [-0.15, -0.1) is 0 Å². The molecule has 1 heterocycles. The van der Waals surface area contributed by atoms with Crippen LogP contribution in [0.25, 0.3) is 0 Å². The van der Waals surface area contributed by atoms with Gasteiger partial charge in [-0.3, -0.25) is 10.00 Å². The fourth-order valence-electron chi connectivity index (χ4n) is 2.47. The van der Waals surface area contributed by atoms with Crippen molar-refractivity contribution in [3.05, 3.63) is 47.7 Å². The monoisotopic (exact) mass is 284 g/mol. The summed E-state index contributed by atoms with van der Waals surface area (Å²) >= 11 is 0. The minimum absolute atomic E-state index is 0.0822. The first-order valence-corrected chi connectivity index (χ1v) is 7.25. The molecular weight excluding hydrogens is 264 g/mol. The molecule has 5 nitrogen and oxygen atoms in total. The molecule has 1 unspecified atom stereocenters. The van der Waals surface area contributed by atoms with E-state index in [0.29, 0.717) is 11.7 Å². The van der Waals surface area contributed by atoms with Gasteiger partial charge in [-0.25, -0.2) is 4.79 Å². The number of carbonyl (C=O) groups is 1. The van der Waals surface area contributed by atoms with Crippen LogP contribution in [-0.4, -0.2) is 15.8 Å². The lowest BCUT2D eigenvalue weighted by atomic mass is 10.0. The van der Waals surface area contributed by atoms with Crippen molar-refractivity contribution in [2.75, 3.05) is 5.32 Å². The maximum absolute atomic E-state index is 12.2. The molecule has 1 aromatic carbocycles. The van der Waals surface area contributed by atoms with Crippen molar-refractivity contribution in [3.63, 3.8) is 0 Å². The molecule has 21 heavy (non-hydrogen) atoms. The molecular formula is C16H20N4O. The molecule has 1 aliphatic rings. The summed E-state index contributed by atoms with van der Waals surface area (Å²) in [5.41, 5.74) is 2.40. The van der Waals surface area contributed by atoms with E-state index < -0.39 is 0 Å². The number of rotatable bonds is 4. The number of aryl methyl sites for hydroxylation is 2. The highest BCUT2D eigenvalue weighted by molar-refractivity contribution is 5.88. The van der Waals surface area contributed by atoms with Gasteiger partial charge in [0.1, 0.15) is 5.82 Å². The highest BCUT2D eigenvalue weighted by Crippen LogP contribution is 2.41. The molecule has 1 aromatic heterocycles. The third-order valence-corrected chi connectivity index (χ3v) is 3.88. The third kappa shape index (κ3) is 3.24. The van der Waals surface area contributed by atoms with E-state index in [4.69, 9.17) is 0 Å². The van der Waals surface area contributed by atoms with Gasteiger partial charge < -0.3 is 5.32 Å². The largest absolute Gasteiger partial charge is 0.331 e. The molecule has 1 saturated carbocycles. The molecule has 5 heteroatoms. The van der Waals surface area contributed by atoms with Gasteiger partial charge >= 0.3 is 6.03 Å². The number of urea groups is 1. The molecule has 1 atom stereocenters. The number of aromatic nitrogens is 2. The molecule has 0 bridgehead atoms. The first-order valence-electron chi connectivity index (χ1n) is 7.25. The second-order valence-electron chi connectivity index (χ2n) is 5.66. The lowest BCUT2D eigenvalue weighted by molar-refractivity contribution is 0.247. The predicted octanol–water partition coefficient (Wildman–Crippen LogP) is 3.00. The van der Waals surface area contributed by atoms with Crippen LogP contribution in [0.1, 0.15) is 30.0 Å². The van der Waals surface area contributed by atoms with Crippen molar-refractivity contribution in [1.29, 1.82) is 0 Å². The zero-order valence-electron chi connectivity index (χ0n) is 12.3. The smallest absolute Gasteiger partial charge is 0.320 e. The summed E-state index contributed by atoms with van der Waals surface area (Å²) in [6.45, 7) is 2.07. The van der Waals surface area contributed by atoms with Crippen LogP contribution >= 0.6 is 0 Å². The Balaban J connectivity index is 1.69. The van der Waals surface area contributed by atoms with E-state index in [1.165, 1.54) is 24.0 Å². The molecule has 0 saturated heterocycles. The maximum Gasteiger partial charge on any atom is 0.320 e. The predicted molar refractivity (Wildman–Crippen MR) is 82.0 cm³/mol. The Bertz CT molecular complexity index is 628. The SMILES string of the molecule is Cc1ccc(C(NC(=O)Nc2ccnn2C)C2CC2)cc1. The minimum Gasteiger partial charge on any atom is -0.331 e. The molecule has 0 spiro atoms. The first kappa shape index (κ1) is 13.7. The quantitative estimate of drug-likeness (QED) is 0.906. The molecule has 2 N–H and O–H groups in total. The number of hydrogen-bond acceptors (Lipinski definition) is 2. The van der Waals surface area contributed by atoms with Crippen molar-refractivity contribution in [1.82, 2.24) is 15.1 Å². The Morgan fingerprint density at radius 2 is 2.00 bits per heavy atom. The van der Waals surface area contributed by atoms with Gasteiger partial charge in [-0.05, 0) is 31.2 Å². The summed E-state index contributed by atoms with van der Waals surface area (Å²) in [4.78, 5) is 12.2. The molecule has 1 aliphatic carbocycles. The Kier molecular flexibility index (Phi) is 3.64. The fourth-order valence-corrected chi connectivity index (χ4v) is 2.47. The second-order valence-corrected chi connectivity index (χ2v) is 5.66. The number of nitrogens with one attached hydrogen (secondary N) is 2. The number of benzene rings is 1. The zero-order valence-corrected chi connectivity index (χ0v) is 12.3. The van der Waals surface area contributed by atoms with Gasteiger partial charge in [0.25, 0.3) is 0 Å². The summed E-state index contributed by atoms with van der Waals surface area (Å²) in [5.74, 6) is 1.23. The van der Waals surface area contributed by atoms with Gasteiger partial charge in [-0.2, -0.15) is 5.10 Å². The lowest BCUT2D eigenvalue weighted by Gasteiger charge is -2.19. The topological polar surface area (TPSA) is 59.0 Å². The van der Waals surface area contributed by atoms with Gasteiger partial charge in [0.15, 0.2) is 0 Å². The highest BCUT2D eigenvalue weighted by Gasteiger charge is 2.33. The second kappa shape index (κ2) is 5.60. The van der Waals surface area contributed by atoms with E-state index in [0.717, 1.165) is 0 Å². The number of hydrogen-bond donors (Lipinski definition) is 2. The van der Waals surface area contributed by atoms with Crippen molar-refractivity contribution < 1.29 is 4.79 Å². The molecule has 0 radical (unpaired) electrons. The van der Waals surface area contributed by atoms with Crippen molar-refractivity contribution in [2.45, 2.75) is 25.8 Å². The standard InChI is InChI=1S/C16H20N4O/c1-11-3-5-12(6-4-11)15(13-7-8-13)19-16(21)18-14-9-10-17-20(14)2/h3-6,9-10,13,15H,7-8H2,1-2H3,(H2,18,19,21). The lowest BCUT2D eigenvalue weighted by Crippen LogP contribution is -2.34. The van der Waals surface area contributed by atoms with E-state index >= 15 is 0 Å². The zero-order chi connectivity index (χ0) is 14.8. The molecule has 3 rings (SSSR count). The van der Waals surface area contributed by atoms with E-state index in [1.807, 2.05) is 0 Å². The Morgan fingerprint density at radius 3 is 2.57 bits per heavy atom. The van der Waals surface area contributed by atoms with Crippen LogP contribution in [0.3, 0.4) is 0 Å². The molecule has 110 valence electrons. The first-order chi connectivity index (χ1) is 10.1. The van der Waals surface area contributed by atoms with E-state index in [9.17, 15) is 4.79 Å². The van der Waals surface area contributed by atoms with Crippen molar-refractivity contribution in [3.8, 4) is 0 Å². The summed E-state index contributed by atoms with van der Waals surface area (Å²) in [6.07, 6.45) is 4.00.